The summed E-state index contributed by atoms with van der Waals surface area (Å²) < 4.78 is 15.9. The van der Waals surface area contributed by atoms with Gasteiger partial charge < -0.3 is 19.1 Å². The van der Waals surface area contributed by atoms with E-state index in [4.69, 9.17) is 19.1 Å². The second kappa shape index (κ2) is 6.60. The molecule has 0 spiro atoms. The molecule has 1 heterocycles. The summed E-state index contributed by atoms with van der Waals surface area (Å²) in [6.07, 6.45) is 2.50. The van der Waals surface area contributed by atoms with Crippen molar-refractivity contribution in [1.82, 2.24) is 5.16 Å². The van der Waals surface area contributed by atoms with E-state index < -0.39 is 5.97 Å². The molecule has 0 saturated heterocycles. The summed E-state index contributed by atoms with van der Waals surface area (Å²) in [5, 5.41) is 12.6. The van der Waals surface area contributed by atoms with Crippen molar-refractivity contribution in [2.24, 2.45) is 0 Å². The van der Waals surface area contributed by atoms with Crippen LogP contribution in [0.1, 0.15) is 17.0 Å². The Kier molecular flexibility index (Phi) is 4.61. The molecule has 6 heteroatoms. The Balaban J connectivity index is 2.24. The predicted molar refractivity (Wildman–Crippen MR) is 75.2 cm³/mol. The van der Waals surface area contributed by atoms with Crippen molar-refractivity contribution in [3.8, 4) is 11.5 Å². The number of ether oxygens (including phenoxy) is 2. The van der Waals surface area contributed by atoms with Crippen LogP contribution in [-0.2, 0) is 11.4 Å². The zero-order valence-corrected chi connectivity index (χ0v) is 11.7. The van der Waals surface area contributed by atoms with Crippen molar-refractivity contribution in [1.29, 1.82) is 0 Å². The Morgan fingerprint density at radius 3 is 2.90 bits per heavy atom. The number of rotatable bonds is 6. The molecule has 1 aromatic heterocycles. The summed E-state index contributed by atoms with van der Waals surface area (Å²) in [6, 6.07) is 7.00. The van der Waals surface area contributed by atoms with Gasteiger partial charge in [0, 0.05) is 17.7 Å². The molecule has 110 valence electrons. The van der Waals surface area contributed by atoms with Crippen LogP contribution in [0.15, 0.2) is 34.9 Å². The van der Waals surface area contributed by atoms with E-state index in [1.54, 1.807) is 31.2 Å². The van der Waals surface area contributed by atoms with Gasteiger partial charge in [0.1, 0.15) is 18.1 Å². The summed E-state index contributed by atoms with van der Waals surface area (Å²) in [6.45, 7) is 1.99. The van der Waals surface area contributed by atoms with Crippen LogP contribution in [0.4, 0.5) is 0 Å². The third-order valence-electron chi connectivity index (χ3n) is 2.68. The van der Waals surface area contributed by atoms with Gasteiger partial charge in [0.05, 0.1) is 7.11 Å². The Morgan fingerprint density at radius 2 is 2.29 bits per heavy atom. The highest BCUT2D eigenvalue weighted by atomic mass is 16.5. The van der Waals surface area contributed by atoms with Gasteiger partial charge >= 0.3 is 5.97 Å². The van der Waals surface area contributed by atoms with Crippen LogP contribution >= 0.6 is 0 Å². The monoisotopic (exact) mass is 289 g/mol. The minimum absolute atomic E-state index is 0.200. The van der Waals surface area contributed by atoms with Crippen molar-refractivity contribution in [3.63, 3.8) is 0 Å². The van der Waals surface area contributed by atoms with Crippen LogP contribution in [0.25, 0.3) is 6.08 Å². The lowest BCUT2D eigenvalue weighted by Crippen LogP contribution is -2.00. The van der Waals surface area contributed by atoms with Gasteiger partial charge in [-0.15, -0.1) is 0 Å². The Morgan fingerprint density at radius 1 is 1.48 bits per heavy atom. The molecule has 0 atom stereocenters. The van der Waals surface area contributed by atoms with Crippen molar-refractivity contribution in [2.75, 3.05) is 7.11 Å². The smallest absolute Gasteiger partial charge is 0.328 e. The molecule has 0 aliphatic rings. The van der Waals surface area contributed by atoms with Crippen LogP contribution in [0, 0.1) is 6.92 Å². The van der Waals surface area contributed by atoms with E-state index in [1.165, 1.54) is 13.2 Å². The fourth-order valence-electron chi connectivity index (χ4n) is 1.77. The molecule has 0 amide bonds. The fraction of sp³-hybridized carbons (Fsp3) is 0.200. The summed E-state index contributed by atoms with van der Waals surface area (Å²) in [5.41, 5.74) is 1.25. The molecule has 0 aliphatic carbocycles. The molecule has 6 nitrogen and oxygen atoms in total. The molecule has 0 aliphatic heterocycles. The van der Waals surface area contributed by atoms with E-state index >= 15 is 0 Å². The van der Waals surface area contributed by atoms with E-state index in [0.29, 0.717) is 28.5 Å². The van der Waals surface area contributed by atoms with Gasteiger partial charge in [0.2, 0.25) is 0 Å². The lowest BCUT2D eigenvalue weighted by molar-refractivity contribution is -0.131. The number of benzene rings is 1. The molecule has 0 saturated carbocycles. The quantitative estimate of drug-likeness (QED) is 0.823. The van der Waals surface area contributed by atoms with Crippen LogP contribution in [-0.4, -0.2) is 23.3 Å². The minimum atomic E-state index is -1.03. The van der Waals surface area contributed by atoms with E-state index in [9.17, 15) is 4.79 Å². The number of hydrogen-bond acceptors (Lipinski definition) is 5. The maximum atomic E-state index is 10.6. The molecule has 0 bridgehead atoms. The van der Waals surface area contributed by atoms with Gasteiger partial charge in [-0.05, 0) is 19.1 Å². The maximum Gasteiger partial charge on any atom is 0.328 e. The second-order valence-corrected chi connectivity index (χ2v) is 4.27. The van der Waals surface area contributed by atoms with Crippen LogP contribution in [0.5, 0.6) is 11.5 Å². The highest BCUT2D eigenvalue weighted by Crippen LogP contribution is 2.32. The molecule has 2 aromatic rings. The first-order valence-electron chi connectivity index (χ1n) is 6.23. The molecule has 0 fully saturated rings. The van der Waals surface area contributed by atoms with Gasteiger partial charge in [-0.3, -0.25) is 0 Å². The number of nitrogens with zero attached hydrogens (tertiary/aromatic N) is 1. The van der Waals surface area contributed by atoms with Gasteiger partial charge in [-0.2, -0.15) is 0 Å². The van der Waals surface area contributed by atoms with E-state index in [1.807, 2.05) is 0 Å². The SMILES string of the molecule is COc1cccc(/C=C/C(=O)O)c1OCc1cc(C)on1. The molecular formula is C15H15NO5. The van der Waals surface area contributed by atoms with E-state index in [0.717, 1.165) is 6.08 Å². The number of methoxy groups -OCH3 is 1. The highest BCUT2D eigenvalue weighted by molar-refractivity contribution is 5.86. The fourth-order valence-corrected chi connectivity index (χ4v) is 1.77. The number of aromatic nitrogens is 1. The summed E-state index contributed by atoms with van der Waals surface area (Å²) in [5.74, 6) is 0.636. The van der Waals surface area contributed by atoms with Gasteiger partial charge in [-0.1, -0.05) is 17.3 Å². The molecule has 1 N–H and O–H groups in total. The largest absolute Gasteiger partial charge is 0.493 e. The Hall–Kier alpha value is -2.76. The second-order valence-electron chi connectivity index (χ2n) is 4.27. The highest BCUT2D eigenvalue weighted by Gasteiger charge is 2.10. The van der Waals surface area contributed by atoms with Crippen LogP contribution in [0.3, 0.4) is 0 Å². The molecule has 2 rings (SSSR count). The van der Waals surface area contributed by atoms with Crippen molar-refractivity contribution >= 4 is 12.0 Å². The number of carboxylic acid groups (broad SMARTS) is 1. The number of hydrogen-bond donors (Lipinski definition) is 1. The first-order chi connectivity index (χ1) is 10.1. The van der Waals surface area contributed by atoms with Crippen molar-refractivity contribution < 1.29 is 23.9 Å². The zero-order chi connectivity index (χ0) is 15.2. The van der Waals surface area contributed by atoms with Gasteiger partial charge in [-0.25, -0.2) is 4.79 Å². The average molecular weight is 289 g/mol. The standard InChI is InChI=1S/C15H15NO5/c1-10-8-12(16-21-10)9-20-15-11(6-7-14(17)18)4-3-5-13(15)19-2/h3-8H,9H2,1-2H3,(H,17,18)/b7-6+. The van der Waals surface area contributed by atoms with Crippen molar-refractivity contribution in [3.05, 3.63) is 47.4 Å². The lowest BCUT2D eigenvalue weighted by Gasteiger charge is -2.12. The van der Waals surface area contributed by atoms with Gasteiger partial charge in [0.15, 0.2) is 11.5 Å². The number of carboxylic acids is 1. The normalized spacial score (nSPS) is 10.8. The molecule has 0 unspecified atom stereocenters. The third-order valence-corrected chi connectivity index (χ3v) is 2.68. The van der Waals surface area contributed by atoms with E-state index in [2.05, 4.69) is 5.16 Å². The molecule has 0 radical (unpaired) electrons. The number of aliphatic carboxylic acids is 1. The molecule has 1 aromatic carbocycles. The predicted octanol–water partition coefficient (Wildman–Crippen LogP) is 2.67. The topological polar surface area (TPSA) is 81.8 Å². The summed E-state index contributed by atoms with van der Waals surface area (Å²) >= 11 is 0. The lowest BCUT2D eigenvalue weighted by atomic mass is 10.1. The molecule has 21 heavy (non-hydrogen) atoms. The van der Waals surface area contributed by atoms with Crippen LogP contribution < -0.4 is 9.47 Å². The molecular weight excluding hydrogens is 274 g/mol. The number of para-hydroxylation sites is 1. The first kappa shape index (κ1) is 14.6. The maximum absolute atomic E-state index is 10.6. The number of carbonyl (C=O) groups is 1. The average Bonchev–Trinajstić information content (AvgIpc) is 2.88. The number of aryl methyl sites for hydroxylation is 1. The summed E-state index contributed by atoms with van der Waals surface area (Å²) in [7, 11) is 1.52. The Labute approximate surface area is 121 Å². The Bertz CT molecular complexity index is 660. The van der Waals surface area contributed by atoms with E-state index in [-0.39, 0.29) is 6.61 Å². The third kappa shape index (κ3) is 3.85. The summed E-state index contributed by atoms with van der Waals surface area (Å²) in [4.78, 5) is 10.6. The van der Waals surface area contributed by atoms with Crippen LogP contribution in [0.2, 0.25) is 0 Å². The zero-order valence-electron chi connectivity index (χ0n) is 11.7. The van der Waals surface area contributed by atoms with Crippen molar-refractivity contribution in [2.45, 2.75) is 13.5 Å². The van der Waals surface area contributed by atoms with Gasteiger partial charge in [0.25, 0.3) is 0 Å². The minimum Gasteiger partial charge on any atom is -0.493 e. The first-order valence-corrected chi connectivity index (χ1v) is 6.23.